The van der Waals surface area contributed by atoms with Gasteiger partial charge in [-0.3, -0.25) is 4.79 Å². The predicted molar refractivity (Wildman–Crippen MR) is 75.9 cm³/mol. The van der Waals surface area contributed by atoms with E-state index in [4.69, 9.17) is 0 Å². The van der Waals surface area contributed by atoms with Crippen LogP contribution >= 0.6 is 15.9 Å². The van der Waals surface area contributed by atoms with Crippen molar-refractivity contribution in [1.82, 2.24) is 9.78 Å². The molecule has 0 radical (unpaired) electrons. The number of aromatic nitrogens is 2. The van der Waals surface area contributed by atoms with Gasteiger partial charge in [0.05, 0.1) is 12.2 Å². The van der Waals surface area contributed by atoms with Gasteiger partial charge in [-0.2, -0.15) is 5.10 Å². The first kappa shape index (κ1) is 12.8. The number of nitrogens with zero attached hydrogens (tertiary/aromatic N) is 2. The van der Waals surface area contributed by atoms with Gasteiger partial charge < -0.3 is 5.32 Å². The van der Waals surface area contributed by atoms with Crippen molar-refractivity contribution in [3.63, 3.8) is 0 Å². The normalized spacial score (nSPS) is 10.3. The third-order valence-electron chi connectivity index (χ3n) is 2.51. The van der Waals surface area contributed by atoms with E-state index in [0.29, 0.717) is 13.1 Å². The fourth-order valence-electron chi connectivity index (χ4n) is 1.61. The van der Waals surface area contributed by atoms with E-state index in [0.717, 1.165) is 15.9 Å². The molecule has 0 unspecified atom stereocenters. The second-order valence-corrected chi connectivity index (χ2v) is 4.80. The van der Waals surface area contributed by atoms with Gasteiger partial charge in [0.25, 0.3) is 5.56 Å². The zero-order valence-electron chi connectivity index (χ0n) is 10.1. The van der Waals surface area contributed by atoms with Gasteiger partial charge in [-0.25, -0.2) is 4.68 Å². The standard InChI is InChI=1S/C13H14BrN3O/c1-10-6-7-13(18)17(16-10)9-8-15-12-5-3-2-4-11(12)14/h2-7,15H,8-9H2,1H3. The van der Waals surface area contributed by atoms with E-state index >= 15 is 0 Å². The Balaban J connectivity index is 1.99. The van der Waals surface area contributed by atoms with Gasteiger partial charge in [0.2, 0.25) is 0 Å². The molecule has 2 rings (SSSR count). The van der Waals surface area contributed by atoms with Gasteiger partial charge in [-0.15, -0.1) is 0 Å². The number of hydrogen-bond acceptors (Lipinski definition) is 3. The lowest BCUT2D eigenvalue weighted by Gasteiger charge is -2.09. The van der Waals surface area contributed by atoms with Crippen LogP contribution in [0.3, 0.4) is 0 Å². The first-order chi connectivity index (χ1) is 8.66. The van der Waals surface area contributed by atoms with E-state index in [-0.39, 0.29) is 5.56 Å². The Labute approximate surface area is 114 Å². The van der Waals surface area contributed by atoms with Crippen molar-refractivity contribution in [2.24, 2.45) is 0 Å². The SMILES string of the molecule is Cc1ccc(=O)n(CCNc2ccccc2Br)n1. The van der Waals surface area contributed by atoms with Crippen molar-refractivity contribution in [3.05, 3.63) is 56.9 Å². The van der Waals surface area contributed by atoms with Crippen molar-refractivity contribution >= 4 is 21.6 Å². The fourth-order valence-corrected chi connectivity index (χ4v) is 2.04. The molecule has 1 aromatic carbocycles. The Kier molecular flexibility index (Phi) is 4.15. The van der Waals surface area contributed by atoms with Crippen LogP contribution in [-0.4, -0.2) is 16.3 Å². The van der Waals surface area contributed by atoms with Gasteiger partial charge in [-0.1, -0.05) is 12.1 Å². The zero-order chi connectivity index (χ0) is 13.0. The molecule has 0 fully saturated rings. The van der Waals surface area contributed by atoms with Gasteiger partial charge >= 0.3 is 0 Å². The van der Waals surface area contributed by atoms with E-state index in [1.54, 1.807) is 12.1 Å². The molecular formula is C13H14BrN3O. The zero-order valence-corrected chi connectivity index (χ0v) is 11.6. The highest BCUT2D eigenvalue weighted by Crippen LogP contribution is 2.20. The van der Waals surface area contributed by atoms with Crippen LogP contribution in [0, 0.1) is 6.92 Å². The summed E-state index contributed by atoms with van der Waals surface area (Å²) in [5.41, 5.74) is 1.78. The molecule has 0 aliphatic rings. The summed E-state index contributed by atoms with van der Waals surface area (Å²) in [5.74, 6) is 0. The molecule has 94 valence electrons. The Morgan fingerprint density at radius 2 is 2.06 bits per heavy atom. The molecule has 5 heteroatoms. The average Bonchev–Trinajstić information content (AvgIpc) is 2.36. The summed E-state index contributed by atoms with van der Waals surface area (Å²) in [4.78, 5) is 11.5. The van der Waals surface area contributed by atoms with Crippen LogP contribution < -0.4 is 10.9 Å². The monoisotopic (exact) mass is 307 g/mol. The largest absolute Gasteiger partial charge is 0.382 e. The van der Waals surface area contributed by atoms with E-state index in [1.807, 2.05) is 31.2 Å². The third kappa shape index (κ3) is 3.20. The fraction of sp³-hybridized carbons (Fsp3) is 0.231. The molecule has 4 nitrogen and oxygen atoms in total. The summed E-state index contributed by atoms with van der Waals surface area (Å²) in [5, 5.41) is 7.44. The van der Waals surface area contributed by atoms with Crippen LogP contribution in [0.15, 0.2) is 45.7 Å². The van der Waals surface area contributed by atoms with Crippen LogP contribution in [0.5, 0.6) is 0 Å². The van der Waals surface area contributed by atoms with E-state index in [9.17, 15) is 4.79 Å². The second-order valence-electron chi connectivity index (χ2n) is 3.94. The lowest BCUT2D eigenvalue weighted by molar-refractivity contribution is 0.589. The van der Waals surface area contributed by atoms with E-state index in [2.05, 4.69) is 26.3 Å². The maximum Gasteiger partial charge on any atom is 0.266 e. The Morgan fingerprint density at radius 1 is 1.28 bits per heavy atom. The molecule has 1 N–H and O–H groups in total. The maximum atomic E-state index is 11.5. The number of hydrogen-bond donors (Lipinski definition) is 1. The number of anilines is 1. The number of halogens is 1. The molecule has 1 heterocycles. The van der Waals surface area contributed by atoms with Gasteiger partial charge in [0.15, 0.2) is 0 Å². The highest BCUT2D eigenvalue weighted by Gasteiger charge is 1.99. The summed E-state index contributed by atoms with van der Waals surface area (Å²) in [6.07, 6.45) is 0. The van der Waals surface area contributed by atoms with Crippen molar-refractivity contribution in [2.75, 3.05) is 11.9 Å². The molecule has 0 aliphatic carbocycles. The molecule has 0 bridgehead atoms. The molecule has 2 aromatic rings. The summed E-state index contributed by atoms with van der Waals surface area (Å²) >= 11 is 3.46. The number of aryl methyl sites for hydroxylation is 1. The Morgan fingerprint density at radius 3 is 2.83 bits per heavy atom. The molecule has 0 aliphatic heterocycles. The summed E-state index contributed by atoms with van der Waals surface area (Å²) in [6.45, 7) is 3.07. The molecule has 0 atom stereocenters. The maximum absolute atomic E-state index is 11.5. The highest BCUT2D eigenvalue weighted by atomic mass is 79.9. The van der Waals surface area contributed by atoms with Gasteiger partial charge in [0.1, 0.15) is 0 Å². The summed E-state index contributed by atoms with van der Waals surface area (Å²) in [6, 6.07) is 11.1. The van der Waals surface area contributed by atoms with Crippen molar-refractivity contribution < 1.29 is 0 Å². The summed E-state index contributed by atoms with van der Waals surface area (Å²) in [7, 11) is 0. The molecule has 0 saturated carbocycles. The Hall–Kier alpha value is -1.62. The first-order valence-electron chi connectivity index (χ1n) is 5.70. The highest BCUT2D eigenvalue weighted by molar-refractivity contribution is 9.10. The number of para-hydroxylation sites is 1. The van der Waals surface area contributed by atoms with Crippen LogP contribution in [0.25, 0.3) is 0 Å². The van der Waals surface area contributed by atoms with Gasteiger partial charge in [0, 0.05) is 22.8 Å². The first-order valence-corrected chi connectivity index (χ1v) is 6.49. The smallest absolute Gasteiger partial charge is 0.266 e. The minimum Gasteiger partial charge on any atom is -0.382 e. The third-order valence-corrected chi connectivity index (χ3v) is 3.20. The predicted octanol–water partition coefficient (Wildman–Crippen LogP) is 2.43. The molecule has 0 saturated heterocycles. The quantitative estimate of drug-likeness (QED) is 0.943. The lowest BCUT2D eigenvalue weighted by Crippen LogP contribution is -2.25. The number of rotatable bonds is 4. The van der Waals surface area contributed by atoms with Gasteiger partial charge in [-0.05, 0) is 41.1 Å². The minimum atomic E-state index is -0.0745. The number of benzene rings is 1. The molecule has 0 amide bonds. The molecule has 18 heavy (non-hydrogen) atoms. The minimum absolute atomic E-state index is 0.0745. The van der Waals surface area contributed by atoms with E-state index < -0.39 is 0 Å². The van der Waals surface area contributed by atoms with Crippen molar-refractivity contribution in [2.45, 2.75) is 13.5 Å². The lowest BCUT2D eigenvalue weighted by atomic mass is 10.3. The summed E-state index contributed by atoms with van der Waals surface area (Å²) < 4.78 is 2.48. The average molecular weight is 308 g/mol. The Bertz CT molecular complexity index is 595. The molecular weight excluding hydrogens is 294 g/mol. The number of nitrogens with one attached hydrogen (secondary N) is 1. The van der Waals surface area contributed by atoms with Crippen molar-refractivity contribution in [1.29, 1.82) is 0 Å². The molecule has 0 spiro atoms. The van der Waals surface area contributed by atoms with E-state index in [1.165, 1.54) is 4.68 Å². The van der Waals surface area contributed by atoms with Crippen LogP contribution in [0.1, 0.15) is 5.69 Å². The van der Waals surface area contributed by atoms with Crippen molar-refractivity contribution in [3.8, 4) is 0 Å². The van der Waals surface area contributed by atoms with Crippen LogP contribution in [0.4, 0.5) is 5.69 Å². The van der Waals surface area contributed by atoms with Crippen LogP contribution in [0.2, 0.25) is 0 Å². The van der Waals surface area contributed by atoms with Crippen LogP contribution in [-0.2, 0) is 6.54 Å². The second kappa shape index (κ2) is 5.82. The molecule has 1 aromatic heterocycles. The topological polar surface area (TPSA) is 46.9 Å².